The molecule has 0 aliphatic carbocycles. The summed E-state index contributed by atoms with van der Waals surface area (Å²) in [6.45, 7) is 3.88. The van der Waals surface area contributed by atoms with Crippen LogP contribution in [0.15, 0.2) is 69.8 Å². The Morgan fingerprint density at radius 2 is 2.11 bits per heavy atom. The number of carbonyl (C=O) groups is 1. The molecule has 0 unspecified atom stereocenters. The van der Waals surface area contributed by atoms with Gasteiger partial charge in [-0.3, -0.25) is 9.79 Å². The van der Waals surface area contributed by atoms with E-state index in [1.54, 1.807) is 62.0 Å². The minimum atomic E-state index is -0.814. The molecule has 7 nitrogen and oxygen atoms in total. The van der Waals surface area contributed by atoms with Crippen LogP contribution in [0.3, 0.4) is 0 Å². The lowest BCUT2D eigenvalue weighted by Gasteiger charge is -2.15. The predicted octanol–water partition coefficient (Wildman–Crippen LogP) is 5.62. The van der Waals surface area contributed by atoms with Crippen LogP contribution in [0.25, 0.3) is 21.7 Å². The Kier molecular flexibility index (Phi) is 7.09. The van der Waals surface area contributed by atoms with E-state index in [9.17, 15) is 14.3 Å². The first-order chi connectivity index (χ1) is 16.7. The number of aliphatic imine (C=N–C) groups is 1. The number of carbonyl (C=O) groups excluding carboxylic acids is 1. The number of anilines is 2. The van der Waals surface area contributed by atoms with Gasteiger partial charge in [-0.1, -0.05) is 12.1 Å². The highest BCUT2D eigenvalue weighted by atomic mass is 32.1. The summed E-state index contributed by atoms with van der Waals surface area (Å²) in [6.07, 6.45) is 5.22. The van der Waals surface area contributed by atoms with Crippen LogP contribution in [0.2, 0.25) is 0 Å². The van der Waals surface area contributed by atoms with Gasteiger partial charge in [-0.2, -0.15) is 0 Å². The number of benzene rings is 2. The maximum Gasteiger partial charge on any atom is 0.275 e. The van der Waals surface area contributed by atoms with Crippen LogP contribution in [0.4, 0.5) is 15.8 Å². The van der Waals surface area contributed by atoms with E-state index >= 15 is 0 Å². The van der Waals surface area contributed by atoms with Gasteiger partial charge in [0, 0.05) is 51.8 Å². The van der Waals surface area contributed by atoms with Crippen molar-refractivity contribution in [2.45, 2.75) is 25.9 Å². The fourth-order valence-corrected chi connectivity index (χ4v) is 4.12. The lowest BCUT2D eigenvalue weighted by atomic mass is 10.0. The van der Waals surface area contributed by atoms with E-state index in [0.717, 1.165) is 5.56 Å². The van der Waals surface area contributed by atoms with Gasteiger partial charge in [0.15, 0.2) is 0 Å². The summed E-state index contributed by atoms with van der Waals surface area (Å²) in [5, 5.41) is 14.9. The number of nitrogens with zero attached hydrogens (tertiary/aromatic N) is 2. The highest BCUT2D eigenvalue weighted by Crippen LogP contribution is 2.33. The van der Waals surface area contributed by atoms with Gasteiger partial charge in [-0.15, -0.1) is 11.3 Å². The fraction of sp³-hybridized carbons (Fsp3) is 0.192. The fourth-order valence-electron chi connectivity index (χ4n) is 3.32. The number of hydrogen-bond acceptors (Lipinski definition) is 7. The monoisotopic (exact) mass is 492 g/mol. The Balaban J connectivity index is 1.61. The lowest BCUT2D eigenvalue weighted by molar-refractivity contribution is 0.0739. The molecule has 4 N–H and O–H groups in total. The van der Waals surface area contributed by atoms with Gasteiger partial charge in [-0.05, 0) is 50.6 Å². The number of halogens is 1. The van der Waals surface area contributed by atoms with Crippen molar-refractivity contribution in [3.63, 3.8) is 0 Å². The van der Waals surface area contributed by atoms with E-state index in [2.05, 4.69) is 15.3 Å². The van der Waals surface area contributed by atoms with Crippen LogP contribution in [0.1, 0.15) is 36.3 Å². The molecule has 0 bridgehead atoms. The molecule has 4 aromatic rings. The molecule has 0 aliphatic heterocycles. The molecule has 0 radical (unpaired) electrons. The Morgan fingerprint density at radius 3 is 2.83 bits per heavy atom. The van der Waals surface area contributed by atoms with Crippen LogP contribution in [-0.2, 0) is 0 Å². The Labute approximate surface area is 206 Å². The summed E-state index contributed by atoms with van der Waals surface area (Å²) < 4.78 is 18.8. The van der Waals surface area contributed by atoms with Crippen LogP contribution in [0.5, 0.6) is 0 Å². The van der Waals surface area contributed by atoms with Gasteiger partial charge in [0.05, 0.1) is 18.1 Å². The van der Waals surface area contributed by atoms with Gasteiger partial charge in [0.25, 0.3) is 5.91 Å². The molecule has 0 aliphatic rings. The SMILES string of the molecule is CC(C)(O)CCN=Cc1cc(NC(=O)c2csc(-c3cccc(F)c3)n2)c(-c2ccoc2)cc1N. The van der Waals surface area contributed by atoms with Gasteiger partial charge in [0.2, 0.25) is 0 Å². The number of nitrogens with two attached hydrogens (primary N) is 1. The molecule has 0 atom stereocenters. The van der Waals surface area contributed by atoms with Crippen LogP contribution in [0, 0.1) is 5.82 Å². The van der Waals surface area contributed by atoms with Crippen LogP contribution in [-0.4, -0.2) is 34.4 Å². The van der Waals surface area contributed by atoms with Gasteiger partial charge < -0.3 is 20.6 Å². The third-order valence-corrected chi connectivity index (χ3v) is 6.09. The molecule has 0 spiro atoms. The van der Waals surface area contributed by atoms with Crippen molar-refractivity contribution in [3.05, 3.63) is 77.4 Å². The van der Waals surface area contributed by atoms with E-state index in [0.29, 0.717) is 46.0 Å². The maximum absolute atomic E-state index is 13.6. The van der Waals surface area contributed by atoms with E-state index < -0.39 is 11.5 Å². The number of hydrogen-bond donors (Lipinski definition) is 3. The van der Waals surface area contributed by atoms with Crippen molar-refractivity contribution in [2.24, 2.45) is 4.99 Å². The number of thiazole rings is 1. The summed E-state index contributed by atoms with van der Waals surface area (Å²) in [4.78, 5) is 21.8. The first kappa shape index (κ1) is 24.3. The molecule has 0 saturated carbocycles. The zero-order chi connectivity index (χ0) is 25.0. The number of rotatable bonds is 8. The molecule has 0 saturated heterocycles. The van der Waals surface area contributed by atoms with Crippen molar-refractivity contribution < 1.29 is 18.7 Å². The van der Waals surface area contributed by atoms with Crippen molar-refractivity contribution in [3.8, 4) is 21.7 Å². The molecule has 0 fully saturated rings. The van der Waals surface area contributed by atoms with E-state index in [4.69, 9.17) is 10.2 Å². The standard InChI is InChI=1S/C26H25FN4O3S/c1-26(2,33)7-8-29-13-18-11-22(20(12-21(18)28)17-6-9-34-14-17)30-24(32)23-15-35-25(31-23)16-4-3-5-19(27)10-16/h3-6,9-15,33H,7-8,28H2,1-2H3,(H,30,32). The minimum absolute atomic E-state index is 0.213. The molecule has 2 aromatic carbocycles. The molecule has 4 rings (SSSR count). The molecule has 2 aromatic heterocycles. The number of aromatic nitrogens is 1. The third kappa shape index (κ3) is 6.20. The van der Waals surface area contributed by atoms with E-state index in [-0.39, 0.29) is 11.5 Å². The van der Waals surface area contributed by atoms with Crippen LogP contribution < -0.4 is 11.1 Å². The summed E-state index contributed by atoms with van der Waals surface area (Å²) in [5.41, 5.74) is 9.30. The number of furan rings is 1. The first-order valence-corrected chi connectivity index (χ1v) is 11.8. The number of nitrogens with one attached hydrogen (secondary N) is 1. The quantitative estimate of drug-likeness (QED) is 0.218. The molecule has 1 amide bonds. The van der Waals surface area contributed by atoms with Crippen LogP contribution >= 0.6 is 11.3 Å². The van der Waals surface area contributed by atoms with Gasteiger partial charge in [-0.25, -0.2) is 9.37 Å². The largest absolute Gasteiger partial charge is 0.472 e. The second-order valence-electron chi connectivity index (χ2n) is 8.64. The lowest BCUT2D eigenvalue weighted by Crippen LogP contribution is -2.19. The van der Waals surface area contributed by atoms with Gasteiger partial charge in [0.1, 0.15) is 16.5 Å². The van der Waals surface area contributed by atoms with E-state index in [1.165, 1.54) is 29.7 Å². The minimum Gasteiger partial charge on any atom is -0.472 e. The van der Waals surface area contributed by atoms with E-state index in [1.807, 2.05) is 0 Å². The highest BCUT2D eigenvalue weighted by Gasteiger charge is 2.17. The maximum atomic E-state index is 13.6. The highest BCUT2D eigenvalue weighted by molar-refractivity contribution is 7.13. The van der Waals surface area contributed by atoms with Crippen molar-refractivity contribution >= 4 is 34.8 Å². The molecule has 180 valence electrons. The Morgan fingerprint density at radius 1 is 1.29 bits per heavy atom. The number of amides is 1. The first-order valence-electron chi connectivity index (χ1n) is 10.9. The summed E-state index contributed by atoms with van der Waals surface area (Å²) in [6, 6.07) is 11.3. The normalized spacial score (nSPS) is 11.8. The number of nitrogen functional groups attached to an aromatic ring is 1. The smallest absolute Gasteiger partial charge is 0.275 e. The second kappa shape index (κ2) is 10.2. The third-order valence-electron chi connectivity index (χ3n) is 5.20. The average molecular weight is 493 g/mol. The Bertz CT molecular complexity index is 1360. The summed E-state index contributed by atoms with van der Waals surface area (Å²) >= 11 is 1.26. The van der Waals surface area contributed by atoms with Crippen molar-refractivity contribution in [1.29, 1.82) is 0 Å². The average Bonchev–Trinajstić information content (AvgIpc) is 3.50. The Hall–Kier alpha value is -3.82. The summed E-state index contributed by atoms with van der Waals surface area (Å²) in [7, 11) is 0. The molecule has 2 heterocycles. The zero-order valence-electron chi connectivity index (χ0n) is 19.3. The molecular formula is C26H25FN4O3S. The molecule has 9 heteroatoms. The molecular weight excluding hydrogens is 467 g/mol. The van der Waals surface area contributed by atoms with Crippen molar-refractivity contribution in [1.82, 2.24) is 4.98 Å². The molecule has 35 heavy (non-hydrogen) atoms. The van der Waals surface area contributed by atoms with Gasteiger partial charge >= 0.3 is 0 Å². The topological polar surface area (TPSA) is 114 Å². The summed E-state index contributed by atoms with van der Waals surface area (Å²) in [5.74, 6) is -0.782. The predicted molar refractivity (Wildman–Crippen MR) is 137 cm³/mol. The van der Waals surface area contributed by atoms with Crippen molar-refractivity contribution in [2.75, 3.05) is 17.6 Å². The number of aliphatic hydroxyl groups is 1. The second-order valence-corrected chi connectivity index (χ2v) is 9.50. The zero-order valence-corrected chi connectivity index (χ0v) is 20.1.